The summed E-state index contributed by atoms with van der Waals surface area (Å²) in [5.41, 5.74) is 8.78. The Bertz CT molecular complexity index is 1390. The van der Waals surface area contributed by atoms with Gasteiger partial charge in [-0.1, -0.05) is 48.5 Å². The van der Waals surface area contributed by atoms with Gasteiger partial charge in [-0.2, -0.15) is 0 Å². The van der Waals surface area contributed by atoms with Crippen LogP contribution in [0.3, 0.4) is 0 Å². The quantitative estimate of drug-likeness (QED) is 0.434. The first-order chi connectivity index (χ1) is 16.0. The second-order valence-electron chi connectivity index (χ2n) is 7.95. The number of fused-ring (bicyclic) bond motifs is 2. The van der Waals surface area contributed by atoms with Gasteiger partial charge in [0.15, 0.2) is 11.5 Å². The largest absolute Gasteiger partial charge is 0.454 e. The van der Waals surface area contributed by atoms with E-state index in [1.165, 1.54) is 11.3 Å². The molecule has 5 rings (SSSR count). The second-order valence-corrected chi connectivity index (χ2v) is 9.05. The van der Waals surface area contributed by atoms with Crippen LogP contribution in [0.25, 0.3) is 10.8 Å². The van der Waals surface area contributed by atoms with E-state index < -0.39 is 5.91 Å². The molecule has 6 nitrogen and oxygen atoms in total. The van der Waals surface area contributed by atoms with E-state index in [0.29, 0.717) is 22.7 Å². The van der Waals surface area contributed by atoms with Gasteiger partial charge in [0.1, 0.15) is 5.00 Å². The molecule has 0 unspecified atom stereocenters. The lowest BCUT2D eigenvalue weighted by atomic mass is 10.0. The van der Waals surface area contributed by atoms with Crippen molar-refractivity contribution in [3.63, 3.8) is 0 Å². The van der Waals surface area contributed by atoms with E-state index in [2.05, 4.69) is 5.32 Å². The first kappa shape index (κ1) is 21.0. The Kier molecular flexibility index (Phi) is 5.48. The zero-order valence-corrected chi connectivity index (χ0v) is 18.8. The third kappa shape index (κ3) is 4.15. The maximum atomic E-state index is 12.9. The van der Waals surface area contributed by atoms with Crippen molar-refractivity contribution in [1.29, 1.82) is 0 Å². The smallest absolute Gasteiger partial charge is 0.251 e. The Morgan fingerprint density at radius 3 is 2.67 bits per heavy atom. The monoisotopic (exact) mass is 458 g/mol. The zero-order valence-electron chi connectivity index (χ0n) is 18.0. The Labute approximate surface area is 194 Å². The van der Waals surface area contributed by atoms with Gasteiger partial charge in [0, 0.05) is 11.3 Å². The van der Waals surface area contributed by atoms with Crippen LogP contribution in [-0.4, -0.2) is 18.6 Å². The Balaban J connectivity index is 1.39. The highest BCUT2D eigenvalue weighted by Gasteiger charge is 2.22. The molecular formula is C26H22N2O4S. The molecule has 1 aromatic heterocycles. The Morgan fingerprint density at radius 2 is 1.82 bits per heavy atom. The minimum absolute atomic E-state index is 0.190. The molecule has 7 heteroatoms. The molecule has 33 heavy (non-hydrogen) atoms. The van der Waals surface area contributed by atoms with Gasteiger partial charge >= 0.3 is 0 Å². The van der Waals surface area contributed by atoms with Crippen LogP contribution in [0, 0.1) is 6.92 Å². The van der Waals surface area contributed by atoms with Gasteiger partial charge < -0.3 is 20.5 Å². The number of ether oxygens (including phenoxy) is 2. The summed E-state index contributed by atoms with van der Waals surface area (Å²) in [5, 5.41) is 5.53. The molecule has 0 saturated carbocycles. The highest BCUT2D eigenvalue weighted by atomic mass is 32.1. The molecule has 2 amide bonds. The van der Waals surface area contributed by atoms with Crippen molar-refractivity contribution in [2.24, 2.45) is 5.73 Å². The molecule has 3 N–H and O–H groups in total. The van der Waals surface area contributed by atoms with E-state index in [1.54, 1.807) is 0 Å². The van der Waals surface area contributed by atoms with Gasteiger partial charge in [-0.25, -0.2) is 0 Å². The molecule has 0 atom stereocenters. The lowest BCUT2D eigenvalue weighted by Gasteiger charge is -2.08. The maximum Gasteiger partial charge on any atom is 0.251 e. The van der Waals surface area contributed by atoms with E-state index in [4.69, 9.17) is 15.2 Å². The predicted octanol–water partition coefficient (Wildman–Crippen LogP) is 4.81. The number of rotatable bonds is 6. The standard InChI is InChI=1S/C26H22N2O4S/c1-15-22(12-16-9-10-20-21(11-16)32-14-31-20)33-26(24(15)25(27)30)28-23(29)13-18-7-4-6-17-5-2-3-8-19(17)18/h2-11H,12-14H2,1H3,(H2,27,30)(H,28,29). The number of carbonyl (C=O) groups excluding carboxylic acids is 2. The normalized spacial score (nSPS) is 12.2. The molecule has 2 heterocycles. The number of hydrogen-bond acceptors (Lipinski definition) is 5. The SMILES string of the molecule is Cc1c(Cc2ccc3c(c2)OCO3)sc(NC(=O)Cc2cccc3ccccc23)c1C(N)=O. The van der Waals surface area contributed by atoms with Crippen molar-refractivity contribution in [3.8, 4) is 11.5 Å². The summed E-state index contributed by atoms with van der Waals surface area (Å²) in [6.07, 6.45) is 0.792. The van der Waals surface area contributed by atoms with Crippen LogP contribution in [0.15, 0.2) is 60.7 Å². The van der Waals surface area contributed by atoms with Crippen LogP contribution >= 0.6 is 11.3 Å². The van der Waals surface area contributed by atoms with Crippen molar-refractivity contribution in [2.75, 3.05) is 12.1 Å². The first-order valence-electron chi connectivity index (χ1n) is 10.6. The summed E-state index contributed by atoms with van der Waals surface area (Å²) >= 11 is 1.38. The minimum Gasteiger partial charge on any atom is -0.454 e. The molecule has 1 aliphatic heterocycles. The number of primary amides is 1. The molecule has 1 aliphatic rings. The van der Waals surface area contributed by atoms with Crippen LogP contribution in [0.1, 0.15) is 31.9 Å². The molecule has 0 spiro atoms. The molecular weight excluding hydrogens is 436 g/mol. The topological polar surface area (TPSA) is 90.7 Å². The maximum absolute atomic E-state index is 12.9. The van der Waals surface area contributed by atoms with Crippen molar-refractivity contribution < 1.29 is 19.1 Å². The number of nitrogens with one attached hydrogen (secondary N) is 1. The van der Waals surface area contributed by atoms with Crippen molar-refractivity contribution in [3.05, 3.63) is 87.8 Å². The van der Waals surface area contributed by atoms with Crippen molar-refractivity contribution in [2.45, 2.75) is 19.8 Å². The summed E-state index contributed by atoms with van der Waals surface area (Å²) in [6.45, 7) is 2.08. The molecule has 0 saturated heterocycles. The van der Waals surface area contributed by atoms with E-state index in [9.17, 15) is 9.59 Å². The number of thiophene rings is 1. The van der Waals surface area contributed by atoms with E-state index in [0.717, 1.165) is 38.1 Å². The van der Waals surface area contributed by atoms with E-state index in [1.807, 2.05) is 67.6 Å². The third-order valence-corrected chi connectivity index (χ3v) is 6.98. The van der Waals surface area contributed by atoms with Crippen molar-refractivity contribution >= 4 is 38.9 Å². The van der Waals surface area contributed by atoms with Gasteiger partial charge in [0.05, 0.1) is 12.0 Å². The molecule has 0 fully saturated rings. The second kappa shape index (κ2) is 8.60. The fourth-order valence-corrected chi connectivity index (χ4v) is 5.40. The summed E-state index contributed by atoms with van der Waals surface area (Å²) in [4.78, 5) is 26.1. The molecule has 0 aliphatic carbocycles. The number of anilines is 1. The van der Waals surface area contributed by atoms with Gasteiger partial charge in [0.25, 0.3) is 5.91 Å². The summed E-state index contributed by atoms with van der Waals surface area (Å²) < 4.78 is 10.8. The summed E-state index contributed by atoms with van der Waals surface area (Å²) in [6, 6.07) is 19.6. The zero-order chi connectivity index (χ0) is 22.9. The van der Waals surface area contributed by atoms with Crippen molar-refractivity contribution in [1.82, 2.24) is 0 Å². The molecule has 0 radical (unpaired) electrons. The van der Waals surface area contributed by atoms with Gasteiger partial charge in [-0.3, -0.25) is 9.59 Å². The number of nitrogens with two attached hydrogens (primary N) is 1. The lowest BCUT2D eigenvalue weighted by molar-refractivity contribution is -0.115. The average molecular weight is 459 g/mol. The van der Waals surface area contributed by atoms with Gasteiger partial charge in [-0.05, 0) is 46.5 Å². The Hall–Kier alpha value is -3.84. The lowest BCUT2D eigenvalue weighted by Crippen LogP contribution is -2.18. The predicted molar refractivity (Wildman–Crippen MR) is 129 cm³/mol. The molecule has 0 bridgehead atoms. The van der Waals surface area contributed by atoms with Crippen LogP contribution in [-0.2, 0) is 17.6 Å². The molecule has 4 aromatic rings. The third-order valence-electron chi connectivity index (χ3n) is 5.78. The number of amides is 2. The van der Waals surface area contributed by atoms with Crippen LogP contribution in [0.5, 0.6) is 11.5 Å². The number of hydrogen-bond donors (Lipinski definition) is 2. The number of carbonyl (C=O) groups is 2. The minimum atomic E-state index is -0.554. The van der Waals surface area contributed by atoms with Gasteiger partial charge in [-0.15, -0.1) is 11.3 Å². The van der Waals surface area contributed by atoms with E-state index in [-0.39, 0.29) is 19.1 Å². The summed E-state index contributed by atoms with van der Waals surface area (Å²) in [5.74, 6) is 0.687. The van der Waals surface area contributed by atoms with Crippen LogP contribution in [0.4, 0.5) is 5.00 Å². The van der Waals surface area contributed by atoms with E-state index >= 15 is 0 Å². The highest BCUT2D eigenvalue weighted by Crippen LogP contribution is 2.37. The van der Waals surface area contributed by atoms with Crippen LogP contribution < -0.4 is 20.5 Å². The Morgan fingerprint density at radius 1 is 1.03 bits per heavy atom. The fourth-order valence-electron chi connectivity index (χ4n) is 4.14. The van der Waals surface area contributed by atoms with Gasteiger partial charge in [0.2, 0.25) is 12.7 Å². The van der Waals surface area contributed by atoms with Crippen LogP contribution in [0.2, 0.25) is 0 Å². The number of benzene rings is 3. The first-order valence-corrected chi connectivity index (χ1v) is 11.4. The highest BCUT2D eigenvalue weighted by molar-refractivity contribution is 7.17. The summed E-state index contributed by atoms with van der Waals surface area (Å²) in [7, 11) is 0. The molecule has 166 valence electrons. The average Bonchev–Trinajstić information content (AvgIpc) is 3.38. The fraction of sp³-hybridized carbons (Fsp3) is 0.154. The molecule has 3 aromatic carbocycles.